The third-order valence-corrected chi connectivity index (χ3v) is 5.28. The molecule has 0 saturated carbocycles. The molecule has 4 atom stereocenters. The number of fused-ring (bicyclic) bond motifs is 5. The fourth-order valence-electron chi connectivity index (χ4n) is 3.85. The van der Waals surface area contributed by atoms with Gasteiger partial charge in [-0.2, -0.15) is 0 Å². The number of aliphatic hydroxyl groups excluding tert-OH is 2. The summed E-state index contributed by atoms with van der Waals surface area (Å²) in [5, 5.41) is 32.5. The van der Waals surface area contributed by atoms with Crippen LogP contribution in [0.5, 0.6) is 11.5 Å². The van der Waals surface area contributed by atoms with Gasteiger partial charge in [0.15, 0.2) is 12.2 Å². The first-order valence-corrected chi connectivity index (χ1v) is 9.35. The molecule has 6 N–H and O–H groups in total. The molecular formula is C21H24N2O7. The Morgan fingerprint density at radius 1 is 0.967 bits per heavy atom. The Balaban J connectivity index is 0.000000220. The number of carboxylic acid groups (broad SMARTS) is 2. The van der Waals surface area contributed by atoms with Gasteiger partial charge in [0, 0.05) is 36.2 Å². The molecule has 0 spiro atoms. The van der Waals surface area contributed by atoms with E-state index in [9.17, 15) is 9.59 Å². The summed E-state index contributed by atoms with van der Waals surface area (Å²) in [7, 11) is 2.18. The predicted octanol–water partition coefficient (Wildman–Crippen LogP) is 1.06. The number of aliphatic hydroxyl groups is 2. The van der Waals surface area contributed by atoms with Crippen LogP contribution < -0.4 is 10.5 Å². The van der Waals surface area contributed by atoms with Crippen molar-refractivity contribution in [1.82, 2.24) is 4.90 Å². The van der Waals surface area contributed by atoms with Crippen LogP contribution in [0, 0.1) is 0 Å². The van der Waals surface area contributed by atoms with Crippen LogP contribution in [-0.4, -0.2) is 69.6 Å². The number of hydrogen-bond donors (Lipinski definition) is 5. The number of ether oxygens (including phenoxy) is 1. The number of rotatable bonds is 3. The second kappa shape index (κ2) is 8.70. The zero-order valence-corrected chi connectivity index (χ0v) is 16.3. The van der Waals surface area contributed by atoms with Gasteiger partial charge in [0.05, 0.1) is 0 Å². The second-order valence-electron chi connectivity index (χ2n) is 7.44. The number of carboxylic acids is 2. The predicted molar refractivity (Wildman–Crippen MR) is 108 cm³/mol. The maximum atomic E-state index is 9.77. The Hall–Kier alpha value is -3.14. The van der Waals surface area contributed by atoms with Crippen LogP contribution in [0.25, 0.3) is 0 Å². The lowest BCUT2D eigenvalue weighted by molar-refractivity contribution is -0.165. The van der Waals surface area contributed by atoms with Gasteiger partial charge in [-0.25, -0.2) is 9.59 Å². The van der Waals surface area contributed by atoms with E-state index >= 15 is 0 Å². The summed E-state index contributed by atoms with van der Waals surface area (Å²) in [5.41, 5.74) is 9.36. The zero-order chi connectivity index (χ0) is 22.0. The molecular weight excluding hydrogens is 392 g/mol. The van der Waals surface area contributed by atoms with Crippen LogP contribution in [-0.2, 0) is 9.59 Å². The number of likely N-dealkylation sites (N-methyl/N-ethyl adjacent to an activating group) is 1. The van der Waals surface area contributed by atoms with Crippen LogP contribution in [0.3, 0.4) is 0 Å². The maximum absolute atomic E-state index is 9.77. The Kier molecular flexibility index (Phi) is 6.25. The SMILES string of the molecule is CN1C[C@@H]2c3ccccc3Oc3ccc(N)cc3[C@H]2C1.O=C(O)C(O)C(O)C(=O)O. The first-order valence-electron chi connectivity index (χ1n) is 9.35. The van der Waals surface area contributed by atoms with Crippen LogP contribution in [0.4, 0.5) is 5.69 Å². The number of anilines is 1. The largest absolute Gasteiger partial charge is 0.479 e. The van der Waals surface area contributed by atoms with Gasteiger partial charge in [-0.05, 0) is 36.9 Å². The Morgan fingerprint density at radius 3 is 2.10 bits per heavy atom. The number of aliphatic carboxylic acids is 2. The van der Waals surface area contributed by atoms with Gasteiger partial charge in [-0.3, -0.25) is 0 Å². The molecule has 2 aliphatic rings. The number of carbonyl (C=O) groups is 2. The molecule has 1 saturated heterocycles. The molecule has 2 aliphatic heterocycles. The van der Waals surface area contributed by atoms with Crippen molar-refractivity contribution < 1.29 is 34.8 Å². The zero-order valence-electron chi connectivity index (χ0n) is 16.3. The molecule has 4 rings (SSSR count). The van der Waals surface area contributed by atoms with Crippen molar-refractivity contribution in [3.63, 3.8) is 0 Å². The van der Waals surface area contributed by atoms with Gasteiger partial charge in [0.2, 0.25) is 0 Å². The lowest BCUT2D eigenvalue weighted by Crippen LogP contribution is -2.39. The van der Waals surface area contributed by atoms with Crippen molar-refractivity contribution in [3.8, 4) is 11.5 Å². The summed E-state index contributed by atoms with van der Waals surface area (Å²) < 4.78 is 6.15. The molecule has 2 heterocycles. The van der Waals surface area contributed by atoms with E-state index < -0.39 is 24.1 Å². The molecule has 30 heavy (non-hydrogen) atoms. The molecule has 9 nitrogen and oxygen atoms in total. The van der Waals surface area contributed by atoms with E-state index in [0.717, 1.165) is 30.3 Å². The third kappa shape index (κ3) is 4.38. The van der Waals surface area contributed by atoms with Crippen molar-refractivity contribution in [3.05, 3.63) is 53.6 Å². The summed E-state index contributed by atoms with van der Waals surface area (Å²) >= 11 is 0. The highest BCUT2D eigenvalue weighted by Crippen LogP contribution is 2.49. The lowest BCUT2D eigenvalue weighted by atomic mass is 9.84. The van der Waals surface area contributed by atoms with Crippen LogP contribution in [0.2, 0.25) is 0 Å². The van der Waals surface area contributed by atoms with E-state index in [1.54, 1.807) is 0 Å². The van der Waals surface area contributed by atoms with Gasteiger partial charge < -0.3 is 35.8 Å². The molecule has 0 amide bonds. The monoisotopic (exact) mass is 416 g/mol. The van der Waals surface area contributed by atoms with Gasteiger partial charge >= 0.3 is 11.9 Å². The van der Waals surface area contributed by atoms with Gasteiger partial charge in [0.1, 0.15) is 11.5 Å². The molecule has 0 aromatic heterocycles. The molecule has 160 valence electrons. The molecule has 0 radical (unpaired) electrons. The van der Waals surface area contributed by atoms with E-state index in [4.69, 9.17) is 30.9 Å². The molecule has 1 fully saturated rings. The standard InChI is InChI=1S/C17H18N2O.C4H6O6/c1-19-9-14-12-4-2-3-5-16(12)20-17-7-6-11(18)8-13(17)15(14)10-19;5-1(3(7)8)2(6)4(9)10/h2-8,14-15H,9-10,18H2,1H3;1-2,5-6H,(H,7,8)(H,9,10)/t14-,15-;/m1./s1. The Morgan fingerprint density at radius 2 is 1.50 bits per heavy atom. The van der Waals surface area contributed by atoms with Gasteiger partial charge in [0.25, 0.3) is 0 Å². The van der Waals surface area contributed by atoms with Gasteiger partial charge in [-0.1, -0.05) is 18.2 Å². The summed E-state index contributed by atoms with van der Waals surface area (Å²) in [6.07, 6.45) is -4.53. The summed E-state index contributed by atoms with van der Waals surface area (Å²) in [5.74, 6) is -0.651. The number of hydrogen-bond acceptors (Lipinski definition) is 7. The highest BCUT2D eigenvalue weighted by Gasteiger charge is 2.38. The van der Waals surface area contributed by atoms with Crippen molar-refractivity contribution in [2.75, 3.05) is 25.9 Å². The van der Waals surface area contributed by atoms with E-state index in [0.29, 0.717) is 11.8 Å². The highest BCUT2D eigenvalue weighted by molar-refractivity contribution is 5.83. The molecule has 0 aliphatic carbocycles. The first-order chi connectivity index (χ1) is 14.2. The summed E-state index contributed by atoms with van der Waals surface area (Å²) in [4.78, 5) is 21.9. The van der Waals surface area contributed by atoms with Gasteiger partial charge in [-0.15, -0.1) is 0 Å². The van der Waals surface area contributed by atoms with Crippen molar-refractivity contribution in [2.24, 2.45) is 0 Å². The summed E-state index contributed by atoms with van der Waals surface area (Å²) in [6.45, 7) is 2.12. The summed E-state index contributed by atoms with van der Waals surface area (Å²) in [6, 6.07) is 14.4. The lowest BCUT2D eigenvalue weighted by Gasteiger charge is -2.17. The smallest absolute Gasteiger partial charge is 0.335 e. The van der Waals surface area contributed by atoms with Crippen LogP contribution in [0.15, 0.2) is 42.5 Å². The minimum absolute atomic E-state index is 0.460. The third-order valence-electron chi connectivity index (χ3n) is 5.28. The number of nitrogens with two attached hydrogens (primary N) is 1. The Bertz CT molecular complexity index is 931. The minimum Gasteiger partial charge on any atom is -0.479 e. The van der Waals surface area contributed by atoms with E-state index in [-0.39, 0.29) is 0 Å². The molecule has 0 bridgehead atoms. The molecule has 2 aromatic rings. The second-order valence-corrected chi connectivity index (χ2v) is 7.44. The average molecular weight is 416 g/mol. The van der Waals surface area contributed by atoms with E-state index in [1.807, 2.05) is 18.2 Å². The van der Waals surface area contributed by atoms with Crippen molar-refractivity contribution in [2.45, 2.75) is 24.0 Å². The first kappa shape index (κ1) is 21.6. The van der Waals surface area contributed by atoms with Crippen LogP contribution in [0.1, 0.15) is 23.0 Å². The minimum atomic E-state index is -2.27. The molecule has 2 unspecified atom stereocenters. The van der Waals surface area contributed by atoms with E-state index in [1.165, 1.54) is 11.1 Å². The number of para-hydroxylation sites is 1. The Labute approximate surface area is 172 Å². The van der Waals surface area contributed by atoms with E-state index in [2.05, 4.69) is 36.2 Å². The number of likely N-dealkylation sites (tertiary alicyclic amines) is 1. The van der Waals surface area contributed by atoms with Crippen molar-refractivity contribution >= 4 is 17.6 Å². The molecule has 2 aromatic carbocycles. The maximum Gasteiger partial charge on any atom is 0.335 e. The van der Waals surface area contributed by atoms with Crippen molar-refractivity contribution in [1.29, 1.82) is 0 Å². The van der Waals surface area contributed by atoms with Crippen LogP contribution >= 0.6 is 0 Å². The average Bonchev–Trinajstić information content (AvgIpc) is 3.05. The number of nitrogen functional groups attached to an aromatic ring is 1. The number of nitrogens with zero attached hydrogens (tertiary/aromatic N) is 1. The normalized spacial score (nSPS) is 21.4. The fourth-order valence-corrected chi connectivity index (χ4v) is 3.85. The number of benzene rings is 2. The molecule has 9 heteroatoms. The quantitative estimate of drug-likeness (QED) is 0.462. The topological polar surface area (TPSA) is 154 Å². The fraction of sp³-hybridized carbons (Fsp3) is 0.333. The highest BCUT2D eigenvalue weighted by atomic mass is 16.5.